The van der Waals surface area contributed by atoms with Crippen LogP contribution >= 0.6 is 11.3 Å². The molecule has 0 saturated carbocycles. The van der Waals surface area contributed by atoms with Crippen LogP contribution in [0.2, 0.25) is 0 Å². The highest BCUT2D eigenvalue weighted by Gasteiger charge is 2.03. The van der Waals surface area contributed by atoms with E-state index in [1.807, 2.05) is 11.3 Å². The molecule has 1 aromatic carbocycles. The molecule has 0 N–H and O–H groups in total. The van der Waals surface area contributed by atoms with E-state index in [1.165, 1.54) is 15.0 Å². The molecule has 0 amide bonds. The maximum Gasteiger partial charge on any atom is 0.0345 e. The van der Waals surface area contributed by atoms with Crippen LogP contribution in [0, 0.1) is 0 Å². The van der Waals surface area contributed by atoms with Gasteiger partial charge >= 0.3 is 0 Å². The molecule has 0 saturated heterocycles. The number of thiophene rings is 1. The first-order valence-corrected chi connectivity index (χ1v) is 5.07. The Balaban J connectivity index is 2.62. The van der Waals surface area contributed by atoms with Gasteiger partial charge in [-0.05, 0) is 23.4 Å². The van der Waals surface area contributed by atoms with Gasteiger partial charge < -0.3 is 0 Å². The predicted octanol–water partition coefficient (Wildman–Crippen LogP) is 4.02. The summed E-state index contributed by atoms with van der Waals surface area (Å²) in [5.74, 6) is 0.655. The topological polar surface area (TPSA) is 0 Å². The Labute approximate surface area is 76.8 Å². The van der Waals surface area contributed by atoms with Gasteiger partial charge in [-0.1, -0.05) is 32.0 Å². The van der Waals surface area contributed by atoms with E-state index in [-0.39, 0.29) is 0 Å². The summed E-state index contributed by atoms with van der Waals surface area (Å²) in [6, 6.07) is 10.9. The summed E-state index contributed by atoms with van der Waals surface area (Å²) >= 11 is 1.91. The Morgan fingerprint density at radius 3 is 2.58 bits per heavy atom. The van der Waals surface area contributed by atoms with E-state index in [4.69, 9.17) is 0 Å². The molecule has 0 nitrogen and oxygen atoms in total. The van der Waals surface area contributed by atoms with Crippen LogP contribution in [-0.4, -0.2) is 0 Å². The molecular weight excluding hydrogens is 164 g/mol. The predicted molar refractivity (Wildman–Crippen MR) is 55.9 cm³/mol. The Kier molecular flexibility index (Phi) is 1.89. The van der Waals surface area contributed by atoms with Gasteiger partial charge in [0.1, 0.15) is 0 Å². The molecule has 0 aliphatic rings. The highest BCUT2D eigenvalue weighted by Crippen LogP contribution is 2.29. The van der Waals surface area contributed by atoms with Crippen molar-refractivity contribution in [1.29, 1.82) is 0 Å². The third-order valence-electron chi connectivity index (χ3n) is 2.01. The Bertz CT molecular complexity index is 352. The summed E-state index contributed by atoms with van der Waals surface area (Å²) in [7, 11) is 0. The fraction of sp³-hybridized carbons (Fsp3) is 0.273. The molecular formula is C11H12S. The maximum atomic E-state index is 2.30. The number of hydrogen-bond acceptors (Lipinski definition) is 1. The normalized spacial score (nSPS) is 11.2. The fourth-order valence-corrected chi connectivity index (χ4v) is 2.35. The Morgan fingerprint density at radius 1 is 1.17 bits per heavy atom. The summed E-state index contributed by atoms with van der Waals surface area (Å²) in [4.78, 5) is 1.48. The van der Waals surface area contributed by atoms with Crippen molar-refractivity contribution >= 4 is 21.4 Å². The van der Waals surface area contributed by atoms with Crippen LogP contribution in [-0.2, 0) is 0 Å². The first-order chi connectivity index (χ1) is 5.77. The summed E-state index contributed by atoms with van der Waals surface area (Å²) in [5, 5.41) is 1.38. The van der Waals surface area contributed by atoms with E-state index in [1.54, 1.807) is 0 Å². The highest BCUT2D eigenvalue weighted by molar-refractivity contribution is 7.19. The van der Waals surface area contributed by atoms with Crippen LogP contribution in [0.15, 0.2) is 30.3 Å². The lowest BCUT2D eigenvalue weighted by molar-refractivity contribution is 0.890. The third kappa shape index (κ3) is 1.25. The Morgan fingerprint density at radius 2 is 1.92 bits per heavy atom. The van der Waals surface area contributed by atoms with Gasteiger partial charge in [-0.3, -0.25) is 0 Å². The minimum absolute atomic E-state index is 0.655. The quantitative estimate of drug-likeness (QED) is 0.615. The molecule has 1 heteroatoms. The molecule has 0 bridgehead atoms. The molecule has 0 aliphatic carbocycles. The molecule has 0 spiro atoms. The third-order valence-corrected chi connectivity index (χ3v) is 3.43. The van der Waals surface area contributed by atoms with Gasteiger partial charge in [0.05, 0.1) is 0 Å². The Hall–Kier alpha value is -0.820. The molecule has 0 radical (unpaired) electrons. The smallest absolute Gasteiger partial charge is 0.0345 e. The largest absolute Gasteiger partial charge is 0.140 e. The van der Waals surface area contributed by atoms with Crippen LogP contribution < -0.4 is 0 Å². The zero-order chi connectivity index (χ0) is 8.55. The second-order valence-corrected chi connectivity index (χ2v) is 4.46. The summed E-state index contributed by atoms with van der Waals surface area (Å²) in [5.41, 5.74) is 0. The second-order valence-electron chi connectivity index (χ2n) is 3.34. The van der Waals surface area contributed by atoms with E-state index in [0.717, 1.165) is 0 Å². The van der Waals surface area contributed by atoms with E-state index in [9.17, 15) is 0 Å². The number of fused-ring (bicyclic) bond motifs is 1. The van der Waals surface area contributed by atoms with Crippen LogP contribution in [0.5, 0.6) is 0 Å². The van der Waals surface area contributed by atoms with Gasteiger partial charge in [0, 0.05) is 9.58 Å². The highest BCUT2D eigenvalue weighted by atomic mass is 32.1. The van der Waals surface area contributed by atoms with Crippen LogP contribution in [0.4, 0.5) is 0 Å². The monoisotopic (exact) mass is 176 g/mol. The van der Waals surface area contributed by atoms with Gasteiger partial charge in [-0.15, -0.1) is 11.3 Å². The van der Waals surface area contributed by atoms with Gasteiger partial charge in [-0.25, -0.2) is 0 Å². The van der Waals surface area contributed by atoms with E-state index >= 15 is 0 Å². The number of rotatable bonds is 1. The van der Waals surface area contributed by atoms with Gasteiger partial charge in [0.2, 0.25) is 0 Å². The first-order valence-electron chi connectivity index (χ1n) is 4.26. The molecule has 2 rings (SSSR count). The lowest BCUT2D eigenvalue weighted by atomic mass is 10.1. The average Bonchev–Trinajstić information content (AvgIpc) is 2.46. The van der Waals surface area contributed by atoms with Crippen LogP contribution in [0.25, 0.3) is 10.1 Å². The van der Waals surface area contributed by atoms with Crippen LogP contribution in [0.1, 0.15) is 24.6 Å². The van der Waals surface area contributed by atoms with Crippen molar-refractivity contribution in [3.8, 4) is 0 Å². The average molecular weight is 176 g/mol. The molecule has 0 atom stereocenters. The van der Waals surface area contributed by atoms with Crippen molar-refractivity contribution in [2.75, 3.05) is 0 Å². The molecule has 1 aromatic heterocycles. The van der Waals surface area contributed by atoms with E-state index < -0.39 is 0 Å². The van der Waals surface area contributed by atoms with Gasteiger partial charge in [0.25, 0.3) is 0 Å². The molecule has 0 aliphatic heterocycles. The van der Waals surface area contributed by atoms with Crippen molar-refractivity contribution in [2.24, 2.45) is 0 Å². The molecule has 0 unspecified atom stereocenters. The standard InChI is InChI=1S/C11H12S/c1-8(2)11-7-9-5-3-4-6-10(9)12-11/h3-8H,1-2H3. The molecule has 2 aromatic rings. The first kappa shape index (κ1) is 7.81. The van der Waals surface area contributed by atoms with Crippen molar-refractivity contribution in [2.45, 2.75) is 19.8 Å². The number of hydrogen-bond donors (Lipinski definition) is 0. The van der Waals surface area contributed by atoms with E-state index in [2.05, 4.69) is 44.2 Å². The summed E-state index contributed by atoms with van der Waals surface area (Å²) < 4.78 is 1.40. The van der Waals surface area contributed by atoms with Crippen molar-refractivity contribution in [3.63, 3.8) is 0 Å². The fourth-order valence-electron chi connectivity index (χ4n) is 1.29. The number of benzene rings is 1. The van der Waals surface area contributed by atoms with Crippen molar-refractivity contribution in [1.82, 2.24) is 0 Å². The minimum Gasteiger partial charge on any atom is -0.140 e. The van der Waals surface area contributed by atoms with Crippen molar-refractivity contribution in [3.05, 3.63) is 35.2 Å². The lowest BCUT2D eigenvalue weighted by Gasteiger charge is -1.96. The second kappa shape index (κ2) is 2.91. The molecule has 1 heterocycles. The molecule has 12 heavy (non-hydrogen) atoms. The van der Waals surface area contributed by atoms with Gasteiger partial charge in [-0.2, -0.15) is 0 Å². The summed E-state index contributed by atoms with van der Waals surface area (Å²) in [6.07, 6.45) is 0. The van der Waals surface area contributed by atoms with Crippen molar-refractivity contribution < 1.29 is 0 Å². The molecule has 0 fully saturated rings. The summed E-state index contributed by atoms with van der Waals surface area (Å²) in [6.45, 7) is 4.48. The maximum absolute atomic E-state index is 2.30. The zero-order valence-corrected chi connectivity index (χ0v) is 8.19. The van der Waals surface area contributed by atoms with Crippen LogP contribution in [0.3, 0.4) is 0 Å². The van der Waals surface area contributed by atoms with E-state index in [0.29, 0.717) is 5.92 Å². The lowest BCUT2D eigenvalue weighted by Crippen LogP contribution is -1.77. The minimum atomic E-state index is 0.655. The zero-order valence-electron chi connectivity index (χ0n) is 7.37. The SMILES string of the molecule is CC(C)c1cc2ccccc2s1. The molecule has 62 valence electrons. The van der Waals surface area contributed by atoms with Gasteiger partial charge in [0.15, 0.2) is 0 Å².